The first-order valence-corrected chi connectivity index (χ1v) is 10.4. The van der Waals surface area contributed by atoms with Crippen molar-refractivity contribution in [2.24, 2.45) is 0 Å². The Morgan fingerprint density at radius 1 is 1.03 bits per heavy atom. The summed E-state index contributed by atoms with van der Waals surface area (Å²) in [5.74, 6) is -0.430. The van der Waals surface area contributed by atoms with E-state index in [2.05, 4.69) is 0 Å². The predicted molar refractivity (Wildman–Crippen MR) is 112 cm³/mol. The Morgan fingerprint density at radius 2 is 1.77 bits per heavy atom. The molecule has 0 saturated heterocycles. The Hall–Kier alpha value is -3.57. The monoisotopic (exact) mass is 431 g/mol. The third-order valence-electron chi connectivity index (χ3n) is 4.48. The number of non-ortho nitro benzene ring substituents is 1. The van der Waals surface area contributed by atoms with Crippen LogP contribution < -0.4 is 4.90 Å². The summed E-state index contributed by atoms with van der Waals surface area (Å²) in [5, 5.41) is 22.4. The third kappa shape index (κ3) is 4.88. The summed E-state index contributed by atoms with van der Waals surface area (Å²) in [7, 11) is -4.13. The van der Waals surface area contributed by atoms with Gasteiger partial charge in [0.1, 0.15) is 0 Å². The molecule has 2 aromatic carbocycles. The van der Waals surface area contributed by atoms with Gasteiger partial charge in [-0.25, -0.2) is 0 Å². The second-order valence-electron chi connectivity index (χ2n) is 6.51. The van der Waals surface area contributed by atoms with E-state index >= 15 is 0 Å². The molecule has 0 radical (unpaired) electrons. The molecular weight excluding hydrogens is 414 g/mol. The molecule has 0 spiro atoms. The van der Waals surface area contributed by atoms with Crippen LogP contribution >= 0.6 is 0 Å². The van der Waals surface area contributed by atoms with Gasteiger partial charge in [0, 0.05) is 24.0 Å². The van der Waals surface area contributed by atoms with Crippen molar-refractivity contribution < 1.29 is 22.8 Å². The minimum absolute atomic E-state index is 0.126. The van der Waals surface area contributed by atoms with E-state index in [0.29, 0.717) is 5.70 Å². The van der Waals surface area contributed by atoms with Gasteiger partial charge in [0.15, 0.2) is 0 Å². The number of para-hydroxylation sites is 1. The quantitative estimate of drug-likeness (QED) is 0.397. The third-order valence-corrected chi connectivity index (χ3v) is 5.29. The summed E-state index contributed by atoms with van der Waals surface area (Å²) < 4.78 is 31.2. The molecule has 1 aliphatic rings. The van der Waals surface area contributed by atoms with Crippen molar-refractivity contribution in [1.82, 2.24) is 0 Å². The highest BCUT2D eigenvalue weighted by Gasteiger charge is 2.22. The van der Waals surface area contributed by atoms with E-state index in [1.807, 2.05) is 24.3 Å². The van der Waals surface area contributed by atoms with Gasteiger partial charge in [0.05, 0.1) is 27.2 Å². The predicted octanol–water partition coefficient (Wildman–Crippen LogP) is 3.66. The largest absolute Gasteiger partial charge is 0.341 e. The minimum atomic E-state index is -4.13. The Kier molecular flexibility index (Phi) is 5.94. The van der Waals surface area contributed by atoms with Gasteiger partial charge in [0.25, 0.3) is 21.5 Å². The summed E-state index contributed by atoms with van der Waals surface area (Å²) in [6, 6.07) is 10.7. The number of hydrogen-bond acceptors (Lipinski definition) is 7. The number of nitrogens with zero attached hydrogens (tertiary/aromatic N) is 3. The lowest BCUT2D eigenvalue weighted by Crippen LogP contribution is -2.26. The van der Waals surface area contributed by atoms with E-state index < -0.39 is 37.1 Å². The van der Waals surface area contributed by atoms with E-state index in [1.54, 1.807) is 17.0 Å². The van der Waals surface area contributed by atoms with Gasteiger partial charge in [-0.1, -0.05) is 24.3 Å². The molecule has 1 aliphatic heterocycles. The van der Waals surface area contributed by atoms with E-state index in [0.717, 1.165) is 17.3 Å². The van der Waals surface area contributed by atoms with Crippen molar-refractivity contribution in [3.8, 4) is 0 Å². The van der Waals surface area contributed by atoms with Crippen molar-refractivity contribution in [2.45, 2.75) is 6.42 Å². The van der Waals surface area contributed by atoms with Gasteiger partial charge < -0.3 is 4.90 Å². The summed E-state index contributed by atoms with van der Waals surface area (Å²) in [6.07, 6.45) is 5.18. The molecule has 30 heavy (non-hydrogen) atoms. The molecule has 0 unspecified atom stereocenters. The normalized spacial score (nSPS) is 14.6. The Morgan fingerprint density at radius 3 is 2.43 bits per heavy atom. The molecule has 10 nitrogen and oxygen atoms in total. The van der Waals surface area contributed by atoms with Crippen molar-refractivity contribution in [1.29, 1.82) is 0 Å². The first-order valence-electron chi connectivity index (χ1n) is 8.80. The second kappa shape index (κ2) is 8.43. The maximum absolute atomic E-state index is 11.4. The number of benzene rings is 2. The molecule has 0 bridgehead atoms. The highest BCUT2D eigenvalue weighted by Crippen LogP contribution is 2.34. The van der Waals surface area contributed by atoms with Gasteiger partial charge in [-0.05, 0) is 36.3 Å². The number of fused-ring (bicyclic) bond motifs is 1. The molecule has 156 valence electrons. The lowest BCUT2D eigenvalue weighted by molar-refractivity contribution is -0.394. The van der Waals surface area contributed by atoms with Crippen LogP contribution in [0, 0.1) is 20.2 Å². The molecule has 0 aromatic heterocycles. The topological polar surface area (TPSA) is 144 Å². The van der Waals surface area contributed by atoms with Crippen LogP contribution in [0.3, 0.4) is 0 Å². The highest BCUT2D eigenvalue weighted by atomic mass is 32.2. The van der Waals surface area contributed by atoms with Gasteiger partial charge >= 0.3 is 0 Å². The van der Waals surface area contributed by atoms with Crippen LogP contribution in [-0.4, -0.2) is 35.1 Å². The first kappa shape index (κ1) is 21.1. The fourth-order valence-corrected chi connectivity index (χ4v) is 3.64. The van der Waals surface area contributed by atoms with Crippen LogP contribution in [0.25, 0.3) is 12.2 Å². The van der Waals surface area contributed by atoms with Crippen LogP contribution in [0.4, 0.5) is 17.1 Å². The van der Waals surface area contributed by atoms with Gasteiger partial charge in [-0.2, -0.15) is 8.42 Å². The fraction of sp³-hybridized carbons (Fsp3) is 0.158. The number of hydrogen-bond donors (Lipinski definition) is 1. The zero-order valence-corrected chi connectivity index (χ0v) is 16.4. The van der Waals surface area contributed by atoms with E-state index in [4.69, 9.17) is 4.55 Å². The molecule has 0 saturated carbocycles. The molecule has 11 heteroatoms. The summed E-state index contributed by atoms with van der Waals surface area (Å²) in [4.78, 5) is 22.8. The van der Waals surface area contributed by atoms with Gasteiger partial charge in [-0.3, -0.25) is 24.8 Å². The number of nitro groups is 2. The van der Waals surface area contributed by atoms with Crippen molar-refractivity contribution in [3.63, 3.8) is 0 Å². The molecule has 1 N–H and O–H groups in total. The molecule has 0 atom stereocenters. The average Bonchev–Trinajstić information content (AvgIpc) is 2.68. The molecule has 0 fully saturated rings. The summed E-state index contributed by atoms with van der Waals surface area (Å²) in [5.41, 5.74) is 1.55. The molecule has 3 rings (SSSR count). The summed E-state index contributed by atoms with van der Waals surface area (Å²) in [6.45, 7) is 0.230. The van der Waals surface area contributed by atoms with Crippen LogP contribution in [0.2, 0.25) is 0 Å². The molecule has 2 aromatic rings. The van der Waals surface area contributed by atoms with E-state index in [1.165, 1.54) is 18.2 Å². The Balaban J connectivity index is 2.03. The van der Waals surface area contributed by atoms with Crippen molar-refractivity contribution in [3.05, 3.63) is 85.6 Å². The minimum Gasteiger partial charge on any atom is -0.341 e. The van der Waals surface area contributed by atoms with E-state index in [-0.39, 0.29) is 18.5 Å². The standard InChI is InChI=1S/C19H17N3O7S/c23-21(24)17-9-7-15(19(13-17)22(25)26)12-16-8-6-14-4-1-2-5-18(14)20(16)10-3-11-30(27,28)29/h1-2,4-9,12-13H,3,10-11H2,(H,27,28,29)/b16-12+. The lowest BCUT2D eigenvalue weighted by atomic mass is 10.0. The van der Waals surface area contributed by atoms with Gasteiger partial charge in [-0.15, -0.1) is 0 Å². The number of anilines is 1. The number of nitro benzene ring substituents is 2. The Bertz CT molecular complexity index is 1170. The van der Waals surface area contributed by atoms with Crippen LogP contribution in [0.1, 0.15) is 17.5 Å². The van der Waals surface area contributed by atoms with Crippen molar-refractivity contribution in [2.75, 3.05) is 17.2 Å². The van der Waals surface area contributed by atoms with Gasteiger partial charge in [0.2, 0.25) is 0 Å². The SMILES string of the molecule is O=[N+]([O-])c1ccc(/C=C2\C=Cc3ccccc3N2CCCS(=O)(=O)O)c([N+](=O)[O-])c1. The molecule has 1 heterocycles. The van der Waals surface area contributed by atoms with Crippen molar-refractivity contribution >= 4 is 39.3 Å². The highest BCUT2D eigenvalue weighted by molar-refractivity contribution is 7.85. The van der Waals surface area contributed by atoms with Crippen LogP contribution in [0.5, 0.6) is 0 Å². The maximum atomic E-state index is 11.4. The summed E-state index contributed by atoms with van der Waals surface area (Å²) >= 11 is 0. The average molecular weight is 431 g/mol. The van der Waals surface area contributed by atoms with Crippen LogP contribution in [0.15, 0.2) is 54.2 Å². The second-order valence-corrected chi connectivity index (χ2v) is 8.08. The first-order chi connectivity index (χ1) is 14.2. The fourth-order valence-electron chi connectivity index (χ4n) is 3.14. The zero-order valence-electron chi connectivity index (χ0n) is 15.5. The lowest BCUT2D eigenvalue weighted by Gasteiger charge is -2.30. The number of rotatable bonds is 7. The Labute approximate surface area is 171 Å². The smallest absolute Gasteiger partial charge is 0.283 e. The molecule has 0 amide bonds. The molecular formula is C19H17N3O7S. The van der Waals surface area contributed by atoms with E-state index in [9.17, 15) is 28.6 Å². The number of allylic oxidation sites excluding steroid dienone is 1. The zero-order chi connectivity index (χ0) is 21.9. The molecule has 0 aliphatic carbocycles. The maximum Gasteiger partial charge on any atom is 0.283 e. The van der Waals surface area contributed by atoms with Crippen LogP contribution in [-0.2, 0) is 10.1 Å².